The van der Waals surface area contributed by atoms with E-state index in [0.717, 1.165) is 16.5 Å². The Morgan fingerprint density at radius 2 is 1.88 bits per heavy atom. The van der Waals surface area contributed by atoms with Crippen molar-refractivity contribution in [2.75, 3.05) is 0 Å². The first-order valence-corrected chi connectivity index (χ1v) is 10.4. The molecule has 0 radical (unpaired) electrons. The molecule has 2 aromatic carbocycles. The van der Waals surface area contributed by atoms with Crippen molar-refractivity contribution < 1.29 is 14.7 Å². The number of benzene rings is 2. The van der Waals surface area contributed by atoms with Gasteiger partial charge in [-0.1, -0.05) is 48.0 Å². The van der Waals surface area contributed by atoms with E-state index in [0.29, 0.717) is 16.3 Å². The SMILES string of the molecule is O=C1C(=O)N(Cc2ccccn2)C(c2c[nH]c3ccccc23)/C1=C(\O)c1cccc(Cl)c1. The number of nitrogens with one attached hydrogen (secondary N) is 1. The molecule has 4 aromatic rings. The number of amides is 1. The zero-order valence-electron chi connectivity index (χ0n) is 16.8. The molecular weight excluding hydrogens is 426 g/mol. The molecule has 0 bridgehead atoms. The summed E-state index contributed by atoms with van der Waals surface area (Å²) in [6, 6.07) is 18.8. The number of hydrogen-bond donors (Lipinski definition) is 2. The van der Waals surface area contributed by atoms with E-state index >= 15 is 0 Å². The number of likely N-dealkylation sites (tertiary alicyclic amines) is 1. The quantitative estimate of drug-likeness (QED) is 0.268. The summed E-state index contributed by atoms with van der Waals surface area (Å²) in [5, 5.41) is 12.4. The van der Waals surface area contributed by atoms with Crippen molar-refractivity contribution >= 4 is 40.0 Å². The lowest BCUT2D eigenvalue weighted by molar-refractivity contribution is -0.140. The third-order valence-electron chi connectivity index (χ3n) is 5.61. The van der Waals surface area contributed by atoms with Gasteiger partial charge in [-0.05, 0) is 30.3 Å². The van der Waals surface area contributed by atoms with E-state index in [4.69, 9.17) is 11.6 Å². The lowest BCUT2D eigenvalue weighted by atomic mass is 9.95. The van der Waals surface area contributed by atoms with Crippen LogP contribution in [0.2, 0.25) is 5.02 Å². The van der Waals surface area contributed by atoms with Crippen molar-refractivity contribution in [1.82, 2.24) is 14.9 Å². The normalized spacial score (nSPS) is 17.9. The number of carbonyl (C=O) groups excluding carboxylic acids is 2. The average molecular weight is 444 g/mol. The number of H-pyrrole nitrogens is 1. The number of aliphatic hydroxyl groups is 1. The number of halogens is 1. The van der Waals surface area contributed by atoms with Crippen LogP contribution in [0.25, 0.3) is 16.7 Å². The Bertz CT molecular complexity index is 1380. The monoisotopic (exact) mass is 443 g/mol. The molecule has 1 aliphatic heterocycles. The number of fused-ring (bicyclic) bond motifs is 1. The Kier molecular flexibility index (Phi) is 4.99. The lowest BCUT2D eigenvalue weighted by Gasteiger charge is -2.24. The van der Waals surface area contributed by atoms with Crippen LogP contribution in [-0.4, -0.2) is 31.7 Å². The van der Waals surface area contributed by atoms with E-state index in [1.807, 2.05) is 30.3 Å². The number of hydrogen-bond acceptors (Lipinski definition) is 4. The number of para-hydroxylation sites is 1. The van der Waals surface area contributed by atoms with Gasteiger partial charge in [0, 0.05) is 39.4 Å². The number of rotatable bonds is 4. The minimum Gasteiger partial charge on any atom is -0.507 e. The Balaban J connectivity index is 1.72. The van der Waals surface area contributed by atoms with Gasteiger partial charge >= 0.3 is 0 Å². The third kappa shape index (κ3) is 3.35. The van der Waals surface area contributed by atoms with E-state index < -0.39 is 17.7 Å². The summed E-state index contributed by atoms with van der Waals surface area (Å²) in [5.41, 5.74) is 2.63. The lowest BCUT2D eigenvalue weighted by Crippen LogP contribution is -2.29. The number of aromatic nitrogens is 2. The molecule has 0 spiro atoms. The summed E-state index contributed by atoms with van der Waals surface area (Å²) in [7, 11) is 0. The van der Waals surface area contributed by atoms with Crippen molar-refractivity contribution in [3.8, 4) is 0 Å². The molecule has 7 heteroatoms. The van der Waals surface area contributed by atoms with Crippen LogP contribution in [-0.2, 0) is 16.1 Å². The topological polar surface area (TPSA) is 86.3 Å². The molecule has 1 unspecified atom stereocenters. The zero-order valence-corrected chi connectivity index (χ0v) is 17.6. The number of nitrogens with zero attached hydrogens (tertiary/aromatic N) is 2. The Morgan fingerprint density at radius 1 is 1.06 bits per heavy atom. The minimum absolute atomic E-state index is 0.0259. The summed E-state index contributed by atoms with van der Waals surface area (Å²) in [6.07, 6.45) is 3.41. The molecule has 0 aliphatic carbocycles. The standard InChI is InChI=1S/C25H18ClN3O3/c26-16-7-5-6-15(12-16)23(30)21-22(19-13-28-20-10-2-1-9-18(19)20)29(25(32)24(21)31)14-17-8-3-4-11-27-17/h1-13,22,28,30H,14H2/b23-21+. The van der Waals surface area contributed by atoms with Gasteiger partial charge in [0.2, 0.25) is 0 Å². The van der Waals surface area contributed by atoms with Crippen LogP contribution in [0.5, 0.6) is 0 Å². The number of pyridine rings is 1. The van der Waals surface area contributed by atoms with Crippen LogP contribution in [0.3, 0.4) is 0 Å². The van der Waals surface area contributed by atoms with Gasteiger partial charge in [-0.3, -0.25) is 14.6 Å². The Hall–Kier alpha value is -3.90. The van der Waals surface area contributed by atoms with Gasteiger partial charge in [0.1, 0.15) is 5.76 Å². The molecule has 5 rings (SSSR count). The first-order chi connectivity index (χ1) is 15.5. The van der Waals surface area contributed by atoms with Crippen LogP contribution in [0.4, 0.5) is 0 Å². The molecule has 1 saturated heterocycles. The maximum atomic E-state index is 13.2. The molecule has 2 N–H and O–H groups in total. The van der Waals surface area contributed by atoms with E-state index in [1.165, 1.54) is 4.90 Å². The Morgan fingerprint density at radius 3 is 2.66 bits per heavy atom. The minimum atomic E-state index is -0.785. The second-order valence-corrected chi connectivity index (χ2v) is 7.98. The van der Waals surface area contributed by atoms with Crippen molar-refractivity contribution in [3.63, 3.8) is 0 Å². The summed E-state index contributed by atoms with van der Waals surface area (Å²) in [6.45, 7) is 0.127. The van der Waals surface area contributed by atoms with Crippen molar-refractivity contribution in [2.45, 2.75) is 12.6 Å². The largest absolute Gasteiger partial charge is 0.507 e. The van der Waals surface area contributed by atoms with Gasteiger partial charge in [0.15, 0.2) is 0 Å². The number of ketones is 1. The molecule has 6 nitrogen and oxygen atoms in total. The smallest absolute Gasteiger partial charge is 0.296 e. The van der Waals surface area contributed by atoms with Crippen molar-refractivity contribution in [3.05, 3.63) is 107 Å². The van der Waals surface area contributed by atoms with E-state index in [-0.39, 0.29) is 17.9 Å². The molecule has 2 aromatic heterocycles. The fraction of sp³-hybridized carbons (Fsp3) is 0.0800. The number of aliphatic hydroxyl groups excluding tert-OH is 1. The predicted octanol–water partition coefficient (Wildman–Crippen LogP) is 4.84. The zero-order chi connectivity index (χ0) is 22.2. The fourth-order valence-electron chi connectivity index (χ4n) is 4.14. The molecule has 1 fully saturated rings. The average Bonchev–Trinajstić information content (AvgIpc) is 3.34. The number of aromatic amines is 1. The first kappa shape index (κ1) is 20.0. The maximum absolute atomic E-state index is 13.2. The first-order valence-electron chi connectivity index (χ1n) is 10.0. The van der Waals surface area contributed by atoms with Gasteiger partial charge in [-0.25, -0.2) is 0 Å². The van der Waals surface area contributed by atoms with Gasteiger partial charge in [0.25, 0.3) is 11.7 Å². The second kappa shape index (κ2) is 7.98. The fourth-order valence-corrected chi connectivity index (χ4v) is 4.33. The van der Waals surface area contributed by atoms with Crippen LogP contribution >= 0.6 is 11.6 Å². The Labute approximate surface area is 188 Å². The molecule has 1 atom stereocenters. The summed E-state index contributed by atoms with van der Waals surface area (Å²) >= 11 is 6.10. The highest BCUT2D eigenvalue weighted by atomic mass is 35.5. The third-order valence-corrected chi connectivity index (χ3v) is 5.85. The summed E-state index contributed by atoms with van der Waals surface area (Å²) in [4.78, 5) is 35.3. The molecule has 0 saturated carbocycles. The second-order valence-electron chi connectivity index (χ2n) is 7.55. The van der Waals surface area contributed by atoms with Crippen molar-refractivity contribution in [1.29, 1.82) is 0 Å². The maximum Gasteiger partial charge on any atom is 0.296 e. The van der Waals surface area contributed by atoms with Crippen LogP contribution in [0, 0.1) is 0 Å². The summed E-state index contributed by atoms with van der Waals surface area (Å²) in [5.74, 6) is -1.69. The molecule has 1 aliphatic rings. The van der Waals surface area contributed by atoms with Gasteiger partial charge in [0.05, 0.1) is 23.9 Å². The highest BCUT2D eigenvalue weighted by molar-refractivity contribution is 6.46. The molecular formula is C25H18ClN3O3. The predicted molar refractivity (Wildman–Crippen MR) is 122 cm³/mol. The van der Waals surface area contributed by atoms with Gasteiger partial charge in [-0.2, -0.15) is 0 Å². The highest BCUT2D eigenvalue weighted by Crippen LogP contribution is 2.42. The van der Waals surface area contributed by atoms with Crippen LogP contribution in [0.1, 0.15) is 22.9 Å². The molecule has 3 heterocycles. The van der Waals surface area contributed by atoms with Crippen LogP contribution < -0.4 is 0 Å². The number of carbonyl (C=O) groups is 2. The molecule has 158 valence electrons. The molecule has 32 heavy (non-hydrogen) atoms. The summed E-state index contributed by atoms with van der Waals surface area (Å²) < 4.78 is 0. The van der Waals surface area contributed by atoms with Crippen molar-refractivity contribution in [2.24, 2.45) is 0 Å². The van der Waals surface area contributed by atoms with E-state index in [1.54, 1.807) is 48.8 Å². The van der Waals surface area contributed by atoms with Crippen LogP contribution in [0.15, 0.2) is 84.7 Å². The van der Waals surface area contributed by atoms with Gasteiger partial charge in [-0.15, -0.1) is 0 Å². The van der Waals surface area contributed by atoms with Gasteiger partial charge < -0.3 is 15.0 Å². The molecule has 1 amide bonds. The van der Waals surface area contributed by atoms with E-state index in [2.05, 4.69) is 9.97 Å². The van der Waals surface area contributed by atoms with E-state index in [9.17, 15) is 14.7 Å². The highest BCUT2D eigenvalue weighted by Gasteiger charge is 2.47. The number of Topliss-reactive ketones (excluding diaryl/α,β-unsaturated/α-hetero) is 1.